The van der Waals surface area contributed by atoms with Crippen LogP contribution in [0.25, 0.3) is 0 Å². The van der Waals surface area contributed by atoms with E-state index in [1.807, 2.05) is 0 Å². The fourth-order valence-electron chi connectivity index (χ4n) is 2.68. The Morgan fingerprint density at radius 3 is 1.95 bits per heavy atom. The van der Waals surface area contributed by atoms with Crippen molar-refractivity contribution in [2.75, 3.05) is 18.1 Å². The van der Waals surface area contributed by atoms with Crippen molar-refractivity contribution < 1.29 is 63.5 Å². The van der Waals surface area contributed by atoms with E-state index in [-0.39, 0.29) is 38.0 Å². The number of halogens is 9. The van der Waals surface area contributed by atoms with Crippen LogP contribution in [0.3, 0.4) is 0 Å². The molecule has 18 heteroatoms. The smallest absolute Gasteiger partial charge is 0.356 e. The lowest BCUT2D eigenvalue weighted by atomic mass is 10.0. The number of rotatable bonds is 16. The van der Waals surface area contributed by atoms with Gasteiger partial charge in [0.15, 0.2) is 0 Å². The van der Waals surface area contributed by atoms with Gasteiger partial charge in [0.05, 0.1) is 0 Å². The number of carbonyl (C=O) groups excluding carboxylic acids is 4. The maximum Gasteiger partial charge on any atom is 0.460 e. The molecule has 214 valence electrons. The van der Waals surface area contributed by atoms with E-state index in [2.05, 4.69) is 10.2 Å². The molecule has 0 atom stereocenters. The summed E-state index contributed by atoms with van der Waals surface area (Å²) in [6, 6.07) is 0. The topological polar surface area (TPSA) is 92.8 Å². The lowest BCUT2D eigenvalue weighted by molar-refractivity contribution is -0.396. The highest BCUT2D eigenvalue weighted by Gasteiger charge is 2.81. The predicted molar refractivity (Wildman–Crippen MR) is 114 cm³/mol. The van der Waals surface area contributed by atoms with E-state index < -0.39 is 59.8 Å². The van der Waals surface area contributed by atoms with Crippen LogP contribution in [0.2, 0.25) is 0 Å². The summed E-state index contributed by atoms with van der Waals surface area (Å²) in [5.41, 5.74) is 0. The highest BCUT2D eigenvalue weighted by molar-refractivity contribution is 8.76. The van der Waals surface area contributed by atoms with Crippen LogP contribution in [0.4, 0.5) is 39.5 Å². The molecule has 1 saturated heterocycles. The minimum Gasteiger partial charge on any atom is -0.356 e. The third kappa shape index (κ3) is 9.44. The van der Waals surface area contributed by atoms with E-state index in [0.29, 0.717) is 35.1 Å². The molecule has 0 unspecified atom stereocenters. The quantitative estimate of drug-likeness (QED) is 0.118. The molecule has 0 spiro atoms. The van der Waals surface area contributed by atoms with E-state index in [4.69, 9.17) is 0 Å². The minimum atomic E-state index is -6.91. The van der Waals surface area contributed by atoms with E-state index in [0.717, 1.165) is 10.8 Å². The Morgan fingerprint density at radius 2 is 1.38 bits per heavy atom. The molecule has 37 heavy (non-hydrogen) atoms. The average Bonchev–Trinajstić information content (AvgIpc) is 3.09. The van der Waals surface area contributed by atoms with Gasteiger partial charge >= 0.3 is 29.9 Å². The van der Waals surface area contributed by atoms with Gasteiger partial charge in [-0.2, -0.15) is 39.5 Å². The number of amides is 3. The number of hydroxylamine groups is 2. The van der Waals surface area contributed by atoms with Crippen LogP contribution in [-0.2, 0) is 24.0 Å². The third-order valence-electron chi connectivity index (χ3n) is 4.78. The molecule has 0 aromatic heterocycles. The summed E-state index contributed by atoms with van der Waals surface area (Å²) in [5, 5.41) is 2.96. The van der Waals surface area contributed by atoms with Crippen LogP contribution >= 0.6 is 21.6 Å². The SMILES string of the molecule is O=C(CCSSCCC(F)(F)C(F)(F)C(F)(F)C(F)(F)F)NCCCCCC(=O)ON1C(=O)CCC1=O. The summed E-state index contributed by atoms with van der Waals surface area (Å²) >= 11 is 0. The molecule has 0 aliphatic carbocycles. The molecule has 0 radical (unpaired) electrons. The Kier molecular flexibility index (Phi) is 12.4. The molecule has 0 bridgehead atoms. The van der Waals surface area contributed by atoms with Crippen LogP contribution < -0.4 is 5.32 Å². The normalized spacial score (nSPS) is 15.3. The predicted octanol–water partition coefficient (Wildman–Crippen LogP) is 4.90. The highest BCUT2D eigenvalue weighted by Crippen LogP contribution is 2.54. The van der Waals surface area contributed by atoms with Crippen LogP contribution in [0.5, 0.6) is 0 Å². The first-order valence-electron chi connectivity index (χ1n) is 10.7. The number of alkyl halides is 9. The van der Waals surface area contributed by atoms with Gasteiger partial charge < -0.3 is 10.2 Å². The van der Waals surface area contributed by atoms with Gasteiger partial charge in [-0.15, -0.1) is 5.06 Å². The molecule has 3 amide bonds. The van der Waals surface area contributed by atoms with Crippen molar-refractivity contribution in [1.82, 2.24) is 10.4 Å². The monoisotopic (exact) mass is 594 g/mol. The molecule has 1 aliphatic heterocycles. The molecule has 0 aromatic carbocycles. The number of nitrogens with zero attached hydrogens (tertiary/aromatic N) is 1. The second kappa shape index (κ2) is 13.8. The average molecular weight is 595 g/mol. The Morgan fingerprint density at radius 1 is 0.811 bits per heavy atom. The number of carbonyl (C=O) groups is 4. The molecular formula is C19H23F9N2O5S2. The largest absolute Gasteiger partial charge is 0.460 e. The third-order valence-corrected chi connectivity index (χ3v) is 7.19. The summed E-state index contributed by atoms with van der Waals surface area (Å²) in [7, 11) is 1.29. The zero-order chi connectivity index (χ0) is 28.5. The number of nitrogens with one attached hydrogen (secondary N) is 1. The van der Waals surface area contributed by atoms with Gasteiger partial charge in [0.25, 0.3) is 11.8 Å². The fraction of sp³-hybridized carbons (Fsp3) is 0.789. The van der Waals surface area contributed by atoms with Gasteiger partial charge in [0.2, 0.25) is 5.91 Å². The summed E-state index contributed by atoms with van der Waals surface area (Å²) in [5.74, 6) is -22.4. The molecular weight excluding hydrogens is 571 g/mol. The summed E-state index contributed by atoms with van der Waals surface area (Å²) < 4.78 is 115. The van der Waals surface area contributed by atoms with Crippen molar-refractivity contribution in [1.29, 1.82) is 0 Å². The molecule has 0 aromatic rings. The van der Waals surface area contributed by atoms with E-state index in [1.165, 1.54) is 0 Å². The summed E-state index contributed by atoms with van der Waals surface area (Å²) in [6.45, 7) is 0.226. The molecule has 1 rings (SSSR count). The number of hydrogen-bond donors (Lipinski definition) is 1. The number of hydrogen-bond acceptors (Lipinski definition) is 7. The fourth-order valence-corrected chi connectivity index (χ4v) is 4.73. The second-order valence-corrected chi connectivity index (χ2v) is 10.4. The minimum absolute atomic E-state index is 0.0231. The van der Waals surface area contributed by atoms with E-state index in [9.17, 15) is 58.7 Å². The molecule has 1 aliphatic rings. The highest BCUT2D eigenvalue weighted by atomic mass is 33.1. The lowest BCUT2D eigenvalue weighted by Gasteiger charge is -2.33. The molecule has 1 fully saturated rings. The Hall–Kier alpha value is -1.85. The first-order valence-corrected chi connectivity index (χ1v) is 13.2. The standard InChI is InChI=1S/C19H23F9N2O5S2/c20-16(21,17(22,23)18(24,25)19(26,27)28)8-11-37-36-10-7-12(31)29-9-3-1-2-4-15(34)35-30-13(32)5-6-14(30)33/h1-11H2,(H,29,31). The van der Waals surface area contributed by atoms with Gasteiger partial charge in [-0.25, -0.2) is 4.79 Å². The van der Waals surface area contributed by atoms with E-state index >= 15 is 0 Å². The molecule has 0 saturated carbocycles. The van der Waals surface area contributed by atoms with E-state index in [1.54, 1.807) is 0 Å². The first-order chi connectivity index (χ1) is 16.9. The maximum atomic E-state index is 13.4. The van der Waals surface area contributed by atoms with Gasteiger partial charge in [0.1, 0.15) is 0 Å². The van der Waals surface area contributed by atoms with Gasteiger partial charge in [-0.3, -0.25) is 14.4 Å². The molecule has 7 nitrogen and oxygen atoms in total. The molecule has 1 heterocycles. The van der Waals surface area contributed by atoms with Gasteiger partial charge in [-0.05, 0) is 12.8 Å². The van der Waals surface area contributed by atoms with Crippen molar-refractivity contribution in [3.63, 3.8) is 0 Å². The zero-order valence-corrected chi connectivity index (χ0v) is 20.6. The van der Waals surface area contributed by atoms with Crippen molar-refractivity contribution in [3.8, 4) is 0 Å². The summed E-state index contributed by atoms with van der Waals surface area (Å²) in [6.07, 6.45) is -7.68. The van der Waals surface area contributed by atoms with Crippen LogP contribution in [0.15, 0.2) is 0 Å². The van der Waals surface area contributed by atoms with Crippen LogP contribution in [0, 0.1) is 0 Å². The van der Waals surface area contributed by atoms with Gasteiger partial charge in [0, 0.05) is 50.2 Å². The van der Waals surface area contributed by atoms with Gasteiger partial charge in [-0.1, -0.05) is 28.0 Å². The maximum absolute atomic E-state index is 13.4. The number of unbranched alkanes of at least 4 members (excludes halogenated alkanes) is 2. The van der Waals surface area contributed by atoms with Crippen molar-refractivity contribution in [2.24, 2.45) is 0 Å². The Bertz CT molecular complexity index is 812. The Balaban J connectivity index is 2.13. The van der Waals surface area contributed by atoms with Crippen molar-refractivity contribution in [3.05, 3.63) is 0 Å². The molecule has 1 N–H and O–H groups in total. The van der Waals surface area contributed by atoms with Crippen molar-refractivity contribution >= 4 is 45.3 Å². The second-order valence-electron chi connectivity index (χ2n) is 7.70. The lowest BCUT2D eigenvalue weighted by Crippen LogP contribution is -2.60. The Labute approximate surface area is 212 Å². The van der Waals surface area contributed by atoms with Crippen LogP contribution in [-0.4, -0.2) is 70.7 Å². The summed E-state index contributed by atoms with van der Waals surface area (Å²) in [4.78, 5) is 50.6. The van der Waals surface area contributed by atoms with Crippen molar-refractivity contribution in [2.45, 2.75) is 75.3 Å². The first kappa shape index (κ1) is 33.2. The zero-order valence-electron chi connectivity index (χ0n) is 19.0. The number of imide groups is 1. The van der Waals surface area contributed by atoms with Crippen LogP contribution in [0.1, 0.15) is 51.4 Å².